The van der Waals surface area contributed by atoms with Crippen LogP contribution >= 0.6 is 34.8 Å². The highest BCUT2D eigenvalue weighted by Crippen LogP contribution is 2.66. The Kier molecular flexibility index (Phi) is 4.05. The lowest BCUT2D eigenvalue weighted by Crippen LogP contribution is -2.78. The Morgan fingerprint density at radius 1 is 1.26 bits per heavy atom. The topological polar surface area (TPSA) is 52.6 Å². The molecule has 7 heteroatoms. The van der Waals surface area contributed by atoms with Gasteiger partial charge < -0.3 is 9.47 Å². The largest absolute Gasteiger partial charge is 0.460 e. The van der Waals surface area contributed by atoms with Crippen molar-refractivity contribution in [3.63, 3.8) is 0 Å². The van der Waals surface area contributed by atoms with Gasteiger partial charge in [-0.1, -0.05) is 13.8 Å². The van der Waals surface area contributed by atoms with Gasteiger partial charge >= 0.3 is 5.97 Å². The summed E-state index contributed by atoms with van der Waals surface area (Å²) in [7, 11) is 1.43. The maximum Gasteiger partial charge on any atom is 0.309 e. The van der Waals surface area contributed by atoms with Gasteiger partial charge in [0.05, 0.1) is 11.3 Å². The van der Waals surface area contributed by atoms with E-state index in [-0.39, 0.29) is 23.6 Å². The summed E-state index contributed by atoms with van der Waals surface area (Å²) in [6, 6.07) is 0. The SMILES string of the molecule is CO[C@]1(C)C(=O)[C@H](Cl)[C@H](Cl)[C@]2(C)CC[C@H]3[C@H](C)C(=O)O[C@@H]3[C@@]21Cl. The van der Waals surface area contributed by atoms with Crippen LogP contribution in [-0.4, -0.2) is 46.2 Å². The van der Waals surface area contributed by atoms with Crippen LogP contribution in [0.15, 0.2) is 0 Å². The van der Waals surface area contributed by atoms with Crippen LogP contribution in [0.25, 0.3) is 0 Å². The number of rotatable bonds is 1. The number of fused-ring (bicyclic) bond motifs is 3. The smallest absolute Gasteiger partial charge is 0.309 e. The lowest BCUT2D eigenvalue weighted by atomic mass is 9.50. The standard InChI is InChI=1S/C16H21Cl3O4/c1-7-8-5-6-14(2)10(18)9(17)11(20)15(3,22-4)16(14,19)12(8)23-13(7)21/h7-10,12H,5-6H2,1-4H3/t7-,8-,9+,10-,12-,14-,15+,16+/m0/s1. The van der Waals surface area contributed by atoms with Crippen molar-refractivity contribution < 1.29 is 19.1 Å². The van der Waals surface area contributed by atoms with Crippen LogP contribution in [0.1, 0.15) is 33.6 Å². The second-order valence-corrected chi connectivity index (χ2v) is 8.92. The van der Waals surface area contributed by atoms with Gasteiger partial charge in [-0.25, -0.2) is 0 Å². The highest BCUT2D eigenvalue weighted by molar-refractivity contribution is 6.42. The van der Waals surface area contributed by atoms with Crippen molar-refractivity contribution in [2.75, 3.05) is 7.11 Å². The minimum atomic E-state index is -1.38. The molecule has 0 bridgehead atoms. The number of hydrogen-bond donors (Lipinski definition) is 0. The Bertz CT molecular complexity index is 570. The molecule has 0 amide bonds. The minimum absolute atomic E-state index is 0.0499. The molecular formula is C16H21Cl3O4. The Morgan fingerprint density at radius 2 is 1.87 bits per heavy atom. The molecule has 4 nitrogen and oxygen atoms in total. The summed E-state index contributed by atoms with van der Waals surface area (Å²) >= 11 is 20.1. The van der Waals surface area contributed by atoms with Crippen molar-refractivity contribution in [2.24, 2.45) is 17.3 Å². The van der Waals surface area contributed by atoms with Crippen LogP contribution in [0.2, 0.25) is 0 Å². The molecule has 0 aromatic rings. The molecule has 0 spiro atoms. The van der Waals surface area contributed by atoms with E-state index in [0.29, 0.717) is 6.42 Å². The first-order valence-corrected chi connectivity index (χ1v) is 9.08. The van der Waals surface area contributed by atoms with Gasteiger partial charge in [0.2, 0.25) is 0 Å². The van der Waals surface area contributed by atoms with Crippen molar-refractivity contribution in [3.05, 3.63) is 0 Å². The normalized spacial score (nSPS) is 56.0. The van der Waals surface area contributed by atoms with E-state index in [1.807, 2.05) is 13.8 Å². The fraction of sp³-hybridized carbons (Fsp3) is 0.875. The first-order chi connectivity index (χ1) is 10.6. The maximum atomic E-state index is 12.9. The van der Waals surface area contributed by atoms with Crippen molar-refractivity contribution in [1.29, 1.82) is 0 Å². The number of alkyl halides is 3. The van der Waals surface area contributed by atoms with Gasteiger partial charge in [-0.3, -0.25) is 9.59 Å². The highest BCUT2D eigenvalue weighted by atomic mass is 35.5. The number of methoxy groups -OCH3 is 1. The predicted octanol–water partition coefficient (Wildman–Crippen LogP) is 3.14. The molecule has 0 radical (unpaired) electrons. The Balaban J connectivity index is 2.21. The van der Waals surface area contributed by atoms with Gasteiger partial charge in [-0.15, -0.1) is 34.8 Å². The summed E-state index contributed by atoms with van der Waals surface area (Å²) in [4.78, 5) is 23.7. The number of halogens is 3. The van der Waals surface area contributed by atoms with E-state index in [1.54, 1.807) is 6.92 Å². The monoisotopic (exact) mass is 382 g/mol. The van der Waals surface area contributed by atoms with Crippen molar-refractivity contribution in [2.45, 2.75) is 60.9 Å². The molecule has 0 unspecified atom stereocenters. The zero-order valence-electron chi connectivity index (χ0n) is 13.6. The average Bonchev–Trinajstić information content (AvgIpc) is 2.82. The van der Waals surface area contributed by atoms with Gasteiger partial charge in [0.1, 0.15) is 22.0 Å². The lowest BCUT2D eigenvalue weighted by molar-refractivity contribution is -0.183. The summed E-state index contributed by atoms with van der Waals surface area (Å²) in [6.45, 7) is 5.40. The van der Waals surface area contributed by atoms with Crippen molar-refractivity contribution in [3.8, 4) is 0 Å². The van der Waals surface area contributed by atoms with Gasteiger partial charge in [0.15, 0.2) is 5.78 Å². The summed E-state index contributed by atoms with van der Waals surface area (Å²) in [5, 5.41) is -1.56. The average molecular weight is 384 g/mol. The molecule has 2 aliphatic carbocycles. The number of carbonyl (C=O) groups excluding carboxylic acids is 2. The molecule has 2 saturated carbocycles. The van der Waals surface area contributed by atoms with Crippen LogP contribution in [-0.2, 0) is 19.1 Å². The third-order valence-corrected chi connectivity index (χ3v) is 8.88. The minimum Gasteiger partial charge on any atom is -0.460 e. The molecule has 0 aromatic carbocycles. The van der Waals surface area contributed by atoms with E-state index >= 15 is 0 Å². The van der Waals surface area contributed by atoms with Crippen LogP contribution in [0, 0.1) is 17.3 Å². The Hall–Kier alpha value is -0.0300. The fourth-order valence-corrected chi connectivity index (χ4v) is 6.34. The zero-order valence-corrected chi connectivity index (χ0v) is 15.8. The van der Waals surface area contributed by atoms with E-state index in [1.165, 1.54) is 7.11 Å². The van der Waals surface area contributed by atoms with E-state index in [4.69, 9.17) is 44.3 Å². The van der Waals surface area contributed by atoms with Crippen LogP contribution < -0.4 is 0 Å². The van der Waals surface area contributed by atoms with Gasteiger partial charge in [0.25, 0.3) is 0 Å². The van der Waals surface area contributed by atoms with Gasteiger partial charge in [-0.2, -0.15) is 0 Å². The van der Waals surface area contributed by atoms with Crippen LogP contribution in [0.5, 0.6) is 0 Å². The summed E-state index contributed by atoms with van der Waals surface area (Å²) in [5.41, 5.74) is -2.08. The van der Waals surface area contributed by atoms with Crippen LogP contribution in [0.4, 0.5) is 0 Å². The van der Waals surface area contributed by atoms with Crippen molar-refractivity contribution in [1.82, 2.24) is 0 Å². The quantitative estimate of drug-likeness (QED) is 0.515. The molecule has 3 aliphatic rings. The third-order valence-electron chi connectivity index (χ3n) is 6.56. The Morgan fingerprint density at radius 3 is 2.43 bits per heavy atom. The van der Waals surface area contributed by atoms with E-state index in [0.717, 1.165) is 6.42 Å². The molecule has 1 heterocycles. The molecule has 3 rings (SSSR count). The van der Waals surface area contributed by atoms with Crippen molar-refractivity contribution >= 4 is 46.6 Å². The summed E-state index contributed by atoms with van der Waals surface area (Å²) in [5.74, 6) is -0.940. The van der Waals surface area contributed by atoms with E-state index in [2.05, 4.69) is 0 Å². The van der Waals surface area contributed by atoms with Gasteiger partial charge in [0, 0.05) is 18.4 Å². The molecule has 8 atom stereocenters. The van der Waals surface area contributed by atoms with E-state index < -0.39 is 32.7 Å². The molecule has 1 saturated heterocycles. The Labute approximate surface area is 151 Å². The number of hydrogen-bond acceptors (Lipinski definition) is 4. The first kappa shape index (κ1) is 17.8. The molecular weight excluding hydrogens is 363 g/mol. The number of carbonyl (C=O) groups is 2. The molecule has 0 N–H and O–H groups in total. The second-order valence-electron chi connectivity index (χ2n) is 7.38. The summed E-state index contributed by atoms with van der Waals surface area (Å²) in [6.07, 6.45) is 0.788. The highest BCUT2D eigenvalue weighted by Gasteiger charge is 2.77. The van der Waals surface area contributed by atoms with E-state index in [9.17, 15) is 9.59 Å². The molecule has 0 aromatic heterocycles. The molecule has 130 valence electrons. The number of Topliss-reactive ketones (excluding diaryl/α,β-unsaturated/α-hetero) is 1. The molecule has 3 fully saturated rings. The third kappa shape index (κ3) is 1.84. The fourth-order valence-electron chi connectivity index (χ4n) is 4.81. The number of ketones is 1. The predicted molar refractivity (Wildman–Crippen MR) is 88.2 cm³/mol. The molecule has 23 heavy (non-hydrogen) atoms. The number of ether oxygens (including phenoxy) is 2. The van der Waals surface area contributed by atoms with Gasteiger partial charge in [-0.05, 0) is 19.8 Å². The zero-order chi connectivity index (χ0) is 17.4. The first-order valence-electron chi connectivity index (χ1n) is 7.83. The maximum absolute atomic E-state index is 12.9. The van der Waals surface area contributed by atoms with Crippen LogP contribution in [0.3, 0.4) is 0 Å². The molecule has 1 aliphatic heterocycles. The second kappa shape index (κ2) is 5.23. The number of esters is 1. The lowest BCUT2D eigenvalue weighted by Gasteiger charge is -2.63. The summed E-state index contributed by atoms with van der Waals surface area (Å²) < 4.78 is 11.2.